The molecule has 1 unspecified atom stereocenters. The van der Waals surface area contributed by atoms with Crippen molar-refractivity contribution in [2.24, 2.45) is 5.73 Å². The van der Waals surface area contributed by atoms with Crippen molar-refractivity contribution in [3.8, 4) is 5.88 Å². The fraction of sp³-hybridized carbons (Fsp3) is 0.500. The highest BCUT2D eigenvalue weighted by atomic mass is 35.5. The highest BCUT2D eigenvalue weighted by molar-refractivity contribution is 6.32. The first-order chi connectivity index (χ1) is 6.69. The van der Waals surface area contributed by atoms with Gasteiger partial charge in [0, 0.05) is 12.7 Å². The van der Waals surface area contributed by atoms with Gasteiger partial charge in [0.05, 0.1) is 6.10 Å². The fourth-order valence-electron chi connectivity index (χ4n) is 0.976. The van der Waals surface area contributed by atoms with Crippen molar-refractivity contribution in [2.75, 3.05) is 0 Å². The maximum Gasteiger partial charge on any atom is 0.233 e. The molecular formula is C10H15ClN2O. The average Bonchev–Trinajstić information content (AvgIpc) is 2.21. The van der Waals surface area contributed by atoms with E-state index in [1.165, 1.54) is 0 Å². The largest absolute Gasteiger partial charge is 0.474 e. The Labute approximate surface area is 89.2 Å². The molecule has 0 radical (unpaired) electrons. The van der Waals surface area contributed by atoms with Crippen LogP contribution in [0.4, 0.5) is 0 Å². The summed E-state index contributed by atoms with van der Waals surface area (Å²) in [5.41, 5.74) is 6.38. The van der Waals surface area contributed by atoms with Crippen molar-refractivity contribution in [1.29, 1.82) is 0 Å². The van der Waals surface area contributed by atoms with Crippen LogP contribution in [0.3, 0.4) is 0 Å². The van der Waals surface area contributed by atoms with E-state index in [0.29, 0.717) is 17.4 Å². The van der Waals surface area contributed by atoms with Gasteiger partial charge in [-0.15, -0.1) is 0 Å². The van der Waals surface area contributed by atoms with Crippen LogP contribution < -0.4 is 10.5 Å². The number of hydrogen-bond acceptors (Lipinski definition) is 3. The number of pyridine rings is 1. The number of halogens is 1. The van der Waals surface area contributed by atoms with E-state index >= 15 is 0 Å². The summed E-state index contributed by atoms with van der Waals surface area (Å²) in [6.45, 7) is 4.43. The summed E-state index contributed by atoms with van der Waals surface area (Å²) in [7, 11) is 0. The fourth-order valence-corrected chi connectivity index (χ4v) is 1.21. The lowest BCUT2D eigenvalue weighted by Gasteiger charge is -2.13. The molecule has 0 saturated carbocycles. The average molecular weight is 215 g/mol. The number of ether oxygens (including phenoxy) is 1. The summed E-state index contributed by atoms with van der Waals surface area (Å²) >= 11 is 6.04. The van der Waals surface area contributed by atoms with E-state index in [1.807, 2.05) is 13.8 Å². The third-order valence-corrected chi connectivity index (χ3v) is 2.45. The minimum Gasteiger partial charge on any atom is -0.474 e. The molecule has 0 spiro atoms. The summed E-state index contributed by atoms with van der Waals surface area (Å²) in [5.74, 6) is 0.476. The first-order valence-corrected chi connectivity index (χ1v) is 5.07. The van der Waals surface area contributed by atoms with Crippen LogP contribution in [0, 0.1) is 0 Å². The van der Waals surface area contributed by atoms with Crippen LogP contribution in [0.1, 0.15) is 25.8 Å². The molecule has 0 bridgehead atoms. The van der Waals surface area contributed by atoms with Gasteiger partial charge < -0.3 is 10.5 Å². The van der Waals surface area contributed by atoms with Crippen LogP contribution in [0.5, 0.6) is 5.88 Å². The van der Waals surface area contributed by atoms with Crippen LogP contribution in [0.15, 0.2) is 12.3 Å². The molecule has 1 rings (SSSR count). The molecule has 4 heteroatoms. The Kier molecular flexibility index (Phi) is 4.17. The van der Waals surface area contributed by atoms with Gasteiger partial charge in [0.1, 0.15) is 5.02 Å². The third-order valence-electron chi connectivity index (χ3n) is 2.04. The molecule has 0 aromatic carbocycles. The molecule has 78 valence electrons. The maximum atomic E-state index is 6.04. The lowest BCUT2D eigenvalue weighted by Crippen LogP contribution is -2.12. The van der Waals surface area contributed by atoms with Crippen molar-refractivity contribution >= 4 is 11.6 Å². The monoisotopic (exact) mass is 214 g/mol. The molecule has 1 atom stereocenters. The van der Waals surface area contributed by atoms with Crippen molar-refractivity contribution in [2.45, 2.75) is 32.9 Å². The van der Waals surface area contributed by atoms with Gasteiger partial charge in [-0.2, -0.15) is 0 Å². The molecular weight excluding hydrogens is 200 g/mol. The third kappa shape index (κ3) is 2.59. The molecule has 1 heterocycles. The number of rotatable bonds is 4. The number of nitrogens with two attached hydrogens (primary N) is 1. The second-order valence-electron chi connectivity index (χ2n) is 3.13. The topological polar surface area (TPSA) is 48.1 Å². The molecule has 14 heavy (non-hydrogen) atoms. The molecule has 2 N–H and O–H groups in total. The normalized spacial score (nSPS) is 12.6. The second-order valence-corrected chi connectivity index (χ2v) is 3.51. The molecule has 3 nitrogen and oxygen atoms in total. The van der Waals surface area contributed by atoms with Crippen molar-refractivity contribution in [3.63, 3.8) is 0 Å². The summed E-state index contributed by atoms with van der Waals surface area (Å²) in [5, 5.41) is 0.523. The van der Waals surface area contributed by atoms with E-state index in [2.05, 4.69) is 4.98 Å². The first-order valence-electron chi connectivity index (χ1n) is 4.69. The van der Waals surface area contributed by atoms with Crippen LogP contribution >= 0.6 is 11.6 Å². The molecule has 0 aliphatic rings. The second kappa shape index (κ2) is 5.17. The van der Waals surface area contributed by atoms with E-state index < -0.39 is 0 Å². The Bertz CT molecular complexity index is 304. The number of nitrogens with zero attached hydrogens (tertiary/aromatic N) is 1. The predicted molar refractivity (Wildman–Crippen MR) is 57.5 cm³/mol. The molecule has 0 aliphatic heterocycles. The minimum atomic E-state index is 0.119. The molecule has 1 aromatic heterocycles. The predicted octanol–water partition coefficient (Wildman–Crippen LogP) is 2.37. The summed E-state index contributed by atoms with van der Waals surface area (Å²) in [4.78, 5) is 4.07. The molecule has 0 aliphatic carbocycles. The zero-order chi connectivity index (χ0) is 10.6. The Balaban J connectivity index is 2.86. The van der Waals surface area contributed by atoms with E-state index in [9.17, 15) is 0 Å². The van der Waals surface area contributed by atoms with Gasteiger partial charge in [-0.1, -0.05) is 18.5 Å². The van der Waals surface area contributed by atoms with Gasteiger partial charge in [0.25, 0.3) is 0 Å². The van der Waals surface area contributed by atoms with Crippen molar-refractivity contribution in [1.82, 2.24) is 4.98 Å². The number of aromatic nitrogens is 1. The smallest absolute Gasteiger partial charge is 0.233 e. The number of hydrogen-bond donors (Lipinski definition) is 1. The lowest BCUT2D eigenvalue weighted by molar-refractivity contribution is 0.208. The summed E-state index contributed by atoms with van der Waals surface area (Å²) < 4.78 is 5.54. The van der Waals surface area contributed by atoms with Crippen LogP contribution in [0.2, 0.25) is 5.02 Å². The molecule has 0 amide bonds. The first kappa shape index (κ1) is 11.3. The van der Waals surface area contributed by atoms with Crippen molar-refractivity contribution in [3.05, 3.63) is 22.8 Å². The Morgan fingerprint density at radius 3 is 2.93 bits per heavy atom. The molecule has 0 saturated heterocycles. The van der Waals surface area contributed by atoms with Gasteiger partial charge in [-0.3, -0.25) is 0 Å². The van der Waals surface area contributed by atoms with E-state index in [-0.39, 0.29) is 6.10 Å². The van der Waals surface area contributed by atoms with Crippen LogP contribution in [-0.4, -0.2) is 11.1 Å². The van der Waals surface area contributed by atoms with Gasteiger partial charge in [-0.05, 0) is 25.0 Å². The maximum absolute atomic E-state index is 6.04. The summed E-state index contributed by atoms with van der Waals surface area (Å²) in [6.07, 6.45) is 2.70. The molecule has 1 aromatic rings. The van der Waals surface area contributed by atoms with Gasteiger partial charge in [0.15, 0.2) is 0 Å². The van der Waals surface area contributed by atoms with Gasteiger partial charge in [0.2, 0.25) is 5.88 Å². The lowest BCUT2D eigenvalue weighted by atomic mass is 10.2. The van der Waals surface area contributed by atoms with E-state index in [0.717, 1.165) is 12.0 Å². The molecule has 0 fully saturated rings. The zero-order valence-electron chi connectivity index (χ0n) is 8.46. The SMILES string of the molecule is CCC(C)Oc1nccc(CN)c1Cl. The van der Waals surface area contributed by atoms with Crippen molar-refractivity contribution < 1.29 is 4.74 Å². The zero-order valence-corrected chi connectivity index (χ0v) is 9.21. The highest BCUT2D eigenvalue weighted by Crippen LogP contribution is 2.26. The van der Waals surface area contributed by atoms with Crippen LogP contribution in [-0.2, 0) is 6.54 Å². The van der Waals surface area contributed by atoms with Crippen LogP contribution in [0.25, 0.3) is 0 Å². The summed E-state index contributed by atoms with van der Waals surface area (Å²) in [6, 6.07) is 1.80. The highest BCUT2D eigenvalue weighted by Gasteiger charge is 2.09. The standard InChI is InChI=1S/C10H15ClN2O/c1-3-7(2)14-10-9(11)8(6-12)4-5-13-10/h4-5,7H,3,6,12H2,1-2H3. The van der Waals surface area contributed by atoms with E-state index in [4.69, 9.17) is 22.1 Å². The minimum absolute atomic E-state index is 0.119. The Hall–Kier alpha value is -0.800. The Morgan fingerprint density at radius 2 is 2.36 bits per heavy atom. The Morgan fingerprint density at radius 1 is 1.64 bits per heavy atom. The van der Waals surface area contributed by atoms with Gasteiger partial charge in [-0.25, -0.2) is 4.98 Å². The van der Waals surface area contributed by atoms with E-state index in [1.54, 1.807) is 12.3 Å². The quantitative estimate of drug-likeness (QED) is 0.837. The van der Waals surface area contributed by atoms with Gasteiger partial charge >= 0.3 is 0 Å².